The van der Waals surface area contributed by atoms with E-state index in [-0.39, 0.29) is 18.6 Å². The molecule has 23 heavy (non-hydrogen) atoms. The van der Waals surface area contributed by atoms with E-state index < -0.39 is 11.4 Å². The van der Waals surface area contributed by atoms with Gasteiger partial charge >= 0.3 is 5.97 Å². The zero-order valence-corrected chi connectivity index (χ0v) is 14.6. The van der Waals surface area contributed by atoms with Crippen LogP contribution in [0.5, 0.6) is 0 Å². The molecular weight excluding hydrogens is 292 g/mol. The predicted molar refractivity (Wildman–Crippen MR) is 87.6 cm³/mol. The maximum absolute atomic E-state index is 12.5. The minimum atomic E-state index is -0.880. The normalized spacial score (nSPS) is 35.3. The molecule has 0 atom stereocenters. The highest BCUT2D eigenvalue weighted by Gasteiger charge is 2.62. The summed E-state index contributed by atoms with van der Waals surface area (Å²) in [5.74, 6) is 1.67. The second-order valence-electron chi connectivity index (χ2n) is 8.46. The largest absolute Gasteiger partial charge is 0.466 e. The van der Waals surface area contributed by atoms with Crippen LogP contribution in [0.15, 0.2) is 11.1 Å². The molecule has 0 radical (unpaired) electrons. The van der Waals surface area contributed by atoms with Crippen molar-refractivity contribution in [3.05, 3.63) is 11.1 Å². The third-order valence-corrected chi connectivity index (χ3v) is 6.96. The van der Waals surface area contributed by atoms with Gasteiger partial charge in [0.05, 0.1) is 25.7 Å². The van der Waals surface area contributed by atoms with Crippen molar-refractivity contribution in [2.75, 3.05) is 20.3 Å². The van der Waals surface area contributed by atoms with Gasteiger partial charge in [0.2, 0.25) is 0 Å². The van der Waals surface area contributed by atoms with Crippen LogP contribution in [-0.2, 0) is 9.53 Å². The minimum Gasteiger partial charge on any atom is -0.466 e. The molecule has 0 aromatic carbocycles. The summed E-state index contributed by atoms with van der Waals surface area (Å²) in [7, 11) is 1.38. The molecule has 4 fully saturated rings. The summed E-state index contributed by atoms with van der Waals surface area (Å²) in [6.45, 7) is 3.39. The van der Waals surface area contributed by atoms with Crippen LogP contribution in [0.25, 0.3) is 0 Å². The van der Waals surface area contributed by atoms with Crippen molar-refractivity contribution in [2.45, 2.75) is 52.4 Å². The first-order valence-corrected chi connectivity index (χ1v) is 8.89. The van der Waals surface area contributed by atoms with Gasteiger partial charge in [-0.1, -0.05) is 5.57 Å². The lowest BCUT2D eigenvalue weighted by atomic mass is 9.41. The SMILES string of the molecule is COC(=O)C(=C(C)C)C(CO)(CO)C12CC3CC(CC(C3)C1)C2. The number of rotatable bonds is 5. The number of hydrogen-bond acceptors (Lipinski definition) is 4. The molecule has 0 unspecified atom stereocenters. The number of esters is 1. The monoisotopic (exact) mass is 322 g/mol. The Bertz CT molecular complexity index is 476. The van der Waals surface area contributed by atoms with E-state index in [1.54, 1.807) is 0 Å². The highest BCUT2D eigenvalue weighted by atomic mass is 16.5. The molecule has 0 amide bonds. The average molecular weight is 322 g/mol. The summed E-state index contributed by atoms with van der Waals surface area (Å²) >= 11 is 0. The number of ether oxygens (including phenoxy) is 1. The summed E-state index contributed by atoms with van der Waals surface area (Å²) in [6.07, 6.45) is 6.92. The van der Waals surface area contributed by atoms with Crippen LogP contribution in [-0.4, -0.2) is 36.5 Å². The third kappa shape index (κ3) is 2.37. The Kier molecular flexibility index (Phi) is 4.35. The molecule has 0 aliphatic heterocycles. The maximum Gasteiger partial charge on any atom is 0.334 e. The molecular formula is C19H30O4. The first-order valence-electron chi connectivity index (χ1n) is 8.89. The zero-order chi connectivity index (χ0) is 16.8. The lowest BCUT2D eigenvalue weighted by Gasteiger charge is -2.63. The van der Waals surface area contributed by atoms with Crippen LogP contribution in [0.3, 0.4) is 0 Å². The Morgan fingerprint density at radius 2 is 1.48 bits per heavy atom. The molecule has 0 aromatic heterocycles. The summed E-state index contributed by atoms with van der Waals surface area (Å²) in [6, 6.07) is 0. The second-order valence-corrected chi connectivity index (χ2v) is 8.46. The molecule has 4 saturated carbocycles. The van der Waals surface area contributed by atoms with Gasteiger partial charge in [-0.2, -0.15) is 0 Å². The van der Waals surface area contributed by atoms with Crippen LogP contribution in [0, 0.1) is 28.6 Å². The molecule has 0 aromatic rings. The Balaban J connectivity index is 2.11. The molecule has 0 heterocycles. The van der Waals surface area contributed by atoms with Gasteiger partial charge in [-0.25, -0.2) is 4.79 Å². The van der Waals surface area contributed by atoms with Gasteiger partial charge in [-0.05, 0) is 75.5 Å². The molecule has 0 saturated heterocycles. The van der Waals surface area contributed by atoms with Crippen LogP contribution in [0.4, 0.5) is 0 Å². The highest BCUT2D eigenvalue weighted by Crippen LogP contribution is 2.67. The number of aliphatic hydroxyl groups excluding tert-OH is 2. The van der Waals surface area contributed by atoms with Crippen molar-refractivity contribution in [1.29, 1.82) is 0 Å². The van der Waals surface area contributed by atoms with Gasteiger partial charge in [0, 0.05) is 5.57 Å². The van der Waals surface area contributed by atoms with Crippen molar-refractivity contribution in [2.24, 2.45) is 28.6 Å². The average Bonchev–Trinajstić information content (AvgIpc) is 2.50. The fourth-order valence-electron chi connectivity index (χ4n) is 6.49. The smallest absolute Gasteiger partial charge is 0.334 e. The van der Waals surface area contributed by atoms with E-state index in [2.05, 4.69) is 0 Å². The molecule has 0 spiro atoms. The number of aliphatic hydroxyl groups is 2. The Hall–Kier alpha value is -0.870. The lowest BCUT2D eigenvalue weighted by Crippen LogP contribution is -2.59. The summed E-state index contributed by atoms with van der Waals surface area (Å²) in [4.78, 5) is 12.5. The molecule has 4 aliphatic rings. The fraction of sp³-hybridized carbons (Fsp3) is 0.842. The topological polar surface area (TPSA) is 66.8 Å². The summed E-state index contributed by atoms with van der Waals surface area (Å²) < 4.78 is 5.03. The van der Waals surface area contributed by atoms with Gasteiger partial charge in [0.15, 0.2) is 0 Å². The van der Waals surface area contributed by atoms with Crippen LogP contribution in [0.2, 0.25) is 0 Å². The van der Waals surface area contributed by atoms with Gasteiger partial charge in [-0.3, -0.25) is 0 Å². The number of methoxy groups -OCH3 is 1. The fourth-order valence-corrected chi connectivity index (χ4v) is 6.49. The van der Waals surface area contributed by atoms with E-state index >= 15 is 0 Å². The van der Waals surface area contributed by atoms with E-state index in [1.807, 2.05) is 13.8 Å². The van der Waals surface area contributed by atoms with E-state index in [4.69, 9.17) is 4.74 Å². The number of allylic oxidation sites excluding steroid dienone is 1. The first kappa shape index (κ1) is 17.0. The predicted octanol–water partition coefficient (Wildman–Crippen LogP) is 2.68. The Morgan fingerprint density at radius 1 is 1.04 bits per heavy atom. The Morgan fingerprint density at radius 3 is 1.78 bits per heavy atom. The number of carbonyl (C=O) groups excluding carboxylic acids is 1. The quantitative estimate of drug-likeness (QED) is 0.603. The minimum absolute atomic E-state index is 0.161. The lowest BCUT2D eigenvalue weighted by molar-refractivity contribution is -0.161. The van der Waals surface area contributed by atoms with Crippen LogP contribution < -0.4 is 0 Å². The molecule has 2 N–H and O–H groups in total. The van der Waals surface area contributed by atoms with E-state index in [1.165, 1.54) is 26.4 Å². The second kappa shape index (κ2) is 5.89. The molecule has 4 rings (SSSR count). The van der Waals surface area contributed by atoms with Gasteiger partial charge in [0.1, 0.15) is 0 Å². The van der Waals surface area contributed by atoms with E-state index in [0.29, 0.717) is 23.3 Å². The van der Waals surface area contributed by atoms with Crippen LogP contribution in [0.1, 0.15) is 52.4 Å². The summed E-state index contributed by atoms with van der Waals surface area (Å²) in [5, 5.41) is 20.8. The van der Waals surface area contributed by atoms with Crippen molar-refractivity contribution in [3.8, 4) is 0 Å². The van der Waals surface area contributed by atoms with Crippen molar-refractivity contribution in [1.82, 2.24) is 0 Å². The van der Waals surface area contributed by atoms with Gasteiger partial charge in [0.25, 0.3) is 0 Å². The molecule has 4 bridgehead atoms. The molecule has 130 valence electrons. The van der Waals surface area contributed by atoms with E-state index in [0.717, 1.165) is 24.8 Å². The van der Waals surface area contributed by atoms with Crippen LogP contribution >= 0.6 is 0 Å². The summed E-state index contributed by atoms with van der Waals surface area (Å²) in [5.41, 5.74) is 0.309. The molecule has 4 nitrogen and oxygen atoms in total. The maximum atomic E-state index is 12.5. The van der Waals surface area contributed by atoms with Gasteiger partial charge < -0.3 is 14.9 Å². The number of hydrogen-bond donors (Lipinski definition) is 2. The Labute approximate surface area is 138 Å². The standard InChI is InChI=1S/C19H30O4/c1-12(2)16(17(22)23-3)19(10-20,11-21)18-7-13-4-14(8-18)6-15(5-13)9-18/h13-15,20-21H,4-11H2,1-3H3. The van der Waals surface area contributed by atoms with Gasteiger partial charge in [-0.15, -0.1) is 0 Å². The molecule has 4 heteroatoms. The van der Waals surface area contributed by atoms with E-state index in [9.17, 15) is 15.0 Å². The van der Waals surface area contributed by atoms with Crippen molar-refractivity contribution >= 4 is 5.97 Å². The zero-order valence-electron chi connectivity index (χ0n) is 14.6. The third-order valence-electron chi connectivity index (χ3n) is 6.96. The highest BCUT2D eigenvalue weighted by molar-refractivity contribution is 5.91. The van der Waals surface area contributed by atoms with Crippen molar-refractivity contribution in [3.63, 3.8) is 0 Å². The molecule has 4 aliphatic carbocycles. The number of carbonyl (C=O) groups is 1. The first-order chi connectivity index (χ1) is 10.9. The van der Waals surface area contributed by atoms with Crippen molar-refractivity contribution < 1.29 is 19.7 Å².